The number of aliphatic hydroxyl groups is 2. The molecule has 0 aromatic carbocycles. The quantitative estimate of drug-likeness (QED) is 0.689. The molecule has 6 heteroatoms. The predicted octanol–water partition coefficient (Wildman–Crippen LogP) is 1.85. The highest BCUT2D eigenvalue weighted by molar-refractivity contribution is 7.99. The molecule has 0 radical (unpaired) electrons. The molecule has 1 amide bonds. The van der Waals surface area contributed by atoms with Gasteiger partial charge in [-0.05, 0) is 69.1 Å². The Morgan fingerprint density at radius 2 is 1.81 bits per heavy atom. The second kappa shape index (κ2) is 9.26. The molecule has 2 saturated carbocycles. The van der Waals surface area contributed by atoms with Gasteiger partial charge in [0.15, 0.2) is 0 Å². The number of piperidine rings is 1. The Bertz CT molecular complexity index is 470. The van der Waals surface area contributed by atoms with Crippen molar-refractivity contribution in [2.75, 3.05) is 25.9 Å². The van der Waals surface area contributed by atoms with Gasteiger partial charge in [-0.15, -0.1) is 0 Å². The first-order valence-corrected chi connectivity index (χ1v) is 11.7. The maximum Gasteiger partial charge on any atom is 0.228 e. The molecule has 0 spiro atoms. The number of rotatable bonds is 4. The summed E-state index contributed by atoms with van der Waals surface area (Å²) < 4.78 is 0. The number of likely N-dealkylation sites (tertiary alicyclic amines) is 1. The molecule has 1 aliphatic heterocycles. The predicted molar refractivity (Wildman–Crippen MR) is 106 cm³/mol. The molecular formula is C20H36N2O3S. The smallest absolute Gasteiger partial charge is 0.228 e. The van der Waals surface area contributed by atoms with Crippen LogP contribution in [0.25, 0.3) is 0 Å². The van der Waals surface area contributed by atoms with Crippen LogP contribution >= 0.6 is 11.8 Å². The highest BCUT2D eigenvalue weighted by atomic mass is 32.2. The van der Waals surface area contributed by atoms with E-state index in [1.54, 1.807) is 11.8 Å². The van der Waals surface area contributed by atoms with Gasteiger partial charge in [0.25, 0.3) is 0 Å². The van der Waals surface area contributed by atoms with Gasteiger partial charge in [-0.2, -0.15) is 11.8 Å². The molecule has 5 nitrogen and oxygen atoms in total. The summed E-state index contributed by atoms with van der Waals surface area (Å²) in [6.07, 6.45) is 8.90. The maximum atomic E-state index is 13.0. The van der Waals surface area contributed by atoms with Crippen LogP contribution in [0.4, 0.5) is 0 Å². The number of hydrogen-bond acceptors (Lipinski definition) is 5. The number of aliphatic hydroxyl groups excluding tert-OH is 2. The van der Waals surface area contributed by atoms with Crippen LogP contribution in [0.1, 0.15) is 51.4 Å². The lowest BCUT2D eigenvalue weighted by Gasteiger charge is -2.42. The van der Waals surface area contributed by atoms with Gasteiger partial charge in [0.2, 0.25) is 5.91 Å². The molecule has 1 heterocycles. The van der Waals surface area contributed by atoms with Crippen molar-refractivity contribution in [1.29, 1.82) is 0 Å². The summed E-state index contributed by atoms with van der Waals surface area (Å²) in [6, 6.07) is 0. The lowest BCUT2D eigenvalue weighted by molar-refractivity contribution is -0.147. The van der Waals surface area contributed by atoms with E-state index >= 15 is 0 Å². The SMILES string of the molecule is CSC1CC(O)C(O)C(C(=O)N2CCC(C3CCCC(CN)C3)CC2)C1. The van der Waals surface area contributed by atoms with Gasteiger partial charge in [0.1, 0.15) is 0 Å². The van der Waals surface area contributed by atoms with Crippen LogP contribution in [-0.2, 0) is 4.79 Å². The zero-order chi connectivity index (χ0) is 18.7. The summed E-state index contributed by atoms with van der Waals surface area (Å²) in [5.41, 5.74) is 5.89. The van der Waals surface area contributed by atoms with Crippen LogP contribution in [0.2, 0.25) is 0 Å². The average Bonchev–Trinajstić information content (AvgIpc) is 2.69. The third kappa shape index (κ3) is 4.57. The number of thioether (sulfide) groups is 1. The summed E-state index contributed by atoms with van der Waals surface area (Å²) in [4.78, 5) is 14.9. The Hall–Kier alpha value is -0.300. The fraction of sp³-hybridized carbons (Fsp3) is 0.950. The van der Waals surface area contributed by atoms with Crippen molar-refractivity contribution in [1.82, 2.24) is 4.90 Å². The summed E-state index contributed by atoms with van der Waals surface area (Å²) in [5.74, 6) is 1.80. The second-order valence-corrected chi connectivity index (χ2v) is 9.82. The van der Waals surface area contributed by atoms with E-state index in [0.29, 0.717) is 24.7 Å². The van der Waals surface area contributed by atoms with Gasteiger partial charge in [-0.3, -0.25) is 4.79 Å². The minimum absolute atomic E-state index is 0.0530. The van der Waals surface area contributed by atoms with Gasteiger partial charge in [0, 0.05) is 18.3 Å². The molecule has 6 atom stereocenters. The molecule has 26 heavy (non-hydrogen) atoms. The van der Waals surface area contributed by atoms with Gasteiger partial charge < -0.3 is 20.8 Å². The largest absolute Gasteiger partial charge is 0.390 e. The van der Waals surface area contributed by atoms with Crippen LogP contribution in [-0.4, -0.2) is 64.4 Å². The Kier molecular flexibility index (Phi) is 7.28. The van der Waals surface area contributed by atoms with E-state index in [-0.39, 0.29) is 11.2 Å². The third-order valence-corrected chi connectivity index (χ3v) is 8.20. The summed E-state index contributed by atoms with van der Waals surface area (Å²) in [6.45, 7) is 2.42. The van der Waals surface area contributed by atoms with E-state index in [1.807, 2.05) is 11.2 Å². The van der Waals surface area contributed by atoms with Crippen molar-refractivity contribution in [3.05, 3.63) is 0 Å². The highest BCUT2D eigenvalue weighted by Gasteiger charge is 2.42. The first-order valence-electron chi connectivity index (χ1n) is 10.4. The molecular weight excluding hydrogens is 348 g/mol. The highest BCUT2D eigenvalue weighted by Crippen LogP contribution is 2.39. The van der Waals surface area contributed by atoms with Crippen molar-refractivity contribution in [2.24, 2.45) is 29.4 Å². The van der Waals surface area contributed by atoms with E-state index in [4.69, 9.17) is 5.73 Å². The molecule has 0 bridgehead atoms. The van der Waals surface area contributed by atoms with Crippen LogP contribution < -0.4 is 5.73 Å². The van der Waals surface area contributed by atoms with E-state index in [0.717, 1.165) is 38.4 Å². The standard InChI is InChI=1S/C20H36N2O3S/c1-26-16-10-17(19(24)18(23)11-16)20(25)22-7-5-14(6-8-22)15-4-2-3-13(9-15)12-21/h13-19,23-24H,2-12,21H2,1H3. The van der Waals surface area contributed by atoms with Crippen molar-refractivity contribution < 1.29 is 15.0 Å². The Balaban J connectivity index is 1.53. The molecule has 3 fully saturated rings. The minimum atomic E-state index is -0.910. The van der Waals surface area contributed by atoms with Crippen molar-refractivity contribution in [3.8, 4) is 0 Å². The van der Waals surface area contributed by atoms with Crippen molar-refractivity contribution in [2.45, 2.75) is 68.8 Å². The first kappa shape index (κ1) is 20.4. The molecule has 3 rings (SSSR count). The van der Waals surface area contributed by atoms with Gasteiger partial charge in [0.05, 0.1) is 18.1 Å². The molecule has 0 aromatic rings. The monoisotopic (exact) mass is 384 g/mol. The first-order chi connectivity index (χ1) is 12.5. The molecule has 2 aliphatic carbocycles. The van der Waals surface area contributed by atoms with Crippen molar-refractivity contribution >= 4 is 17.7 Å². The summed E-state index contributed by atoms with van der Waals surface area (Å²) in [7, 11) is 0. The van der Waals surface area contributed by atoms with Gasteiger partial charge in [-0.1, -0.05) is 12.8 Å². The molecule has 4 N–H and O–H groups in total. The third-order valence-electron chi connectivity index (χ3n) is 7.15. The Morgan fingerprint density at radius 1 is 1.08 bits per heavy atom. The summed E-state index contributed by atoms with van der Waals surface area (Å²) in [5, 5.41) is 20.7. The van der Waals surface area contributed by atoms with E-state index in [1.165, 1.54) is 25.7 Å². The number of carbonyl (C=O) groups excluding carboxylic acids is 1. The molecule has 3 aliphatic rings. The maximum absolute atomic E-state index is 13.0. The molecule has 150 valence electrons. The van der Waals surface area contributed by atoms with Crippen LogP contribution in [0.15, 0.2) is 0 Å². The topological polar surface area (TPSA) is 86.8 Å². The second-order valence-electron chi connectivity index (χ2n) is 8.68. The minimum Gasteiger partial charge on any atom is -0.390 e. The number of hydrogen-bond donors (Lipinski definition) is 3. The summed E-state index contributed by atoms with van der Waals surface area (Å²) >= 11 is 1.69. The fourth-order valence-corrected chi connectivity index (χ4v) is 6.23. The van der Waals surface area contributed by atoms with E-state index in [2.05, 4.69) is 0 Å². The molecule has 6 unspecified atom stereocenters. The fourth-order valence-electron chi connectivity index (χ4n) is 5.44. The van der Waals surface area contributed by atoms with Crippen LogP contribution in [0, 0.1) is 23.7 Å². The Labute approximate surface area is 162 Å². The number of carbonyl (C=O) groups is 1. The number of nitrogens with zero attached hydrogens (tertiary/aromatic N) is 1. The lowest BCUT2D eigenvalue weighted by atomic mass is 9.72. The van der Waals surface area contributed by atoms with Crippen LogP contribution in [0.5, 0.6) is 0 Å². The molecule has 1 saturated heterocycles. The zero-order valence-electron chi connectivity index (χ0n) is 16.1. The zero-order valence-corrected chi connectivity index (χ0v) is 16.9. The van der Waals surface area contributed by atoms with Gasteiger partial charge in [-0.25, -0.2) is 0 Å². The van der Waals surface area contributed by atoms with E-state index < -0.39 is 18.1 Å². The van der Waals surface area contributed by atoms with E-state index in [9.17, 15) is 15.0 Å². The van der Waals surface area contributed by atoms with Crippen LogP contribution in [0.3, 0.4) is 0 Å². The lowest BCUT2D eigenvalue weighted by Crippen LogP contribution is -2.51. The van der Waals surface area contributed by atoms with Crippen molar-refractivity contribution in [3.63, 3.8) is 0 Å². The number of amides is 1. The average molecular weight is 385 g/mol. The van der Waals surface area contributed by atoms with Gasteiger partial charge >= 0.3 is 0 Å². The number of nitrogens with two attached hydrogens (primary N) is 1. The Morgan fingerprint density at radius 3 is 2.46 bits per heavy atom. The molecule has 0 aromatic heterocycles. The normalized spacial score (nSPS) is 39.8.